The fourth-order valence-corrected chi connectivity index (χ4v) is 11.9. The van der Waals surface area contributed by atoms with Crippen LogP contribution >= 0.6 is 11.3 Å². The van der Waals surface area contributed by atoms with E-state index in [0.717, 1.165) is 17.1 Å². The smallest absolute Gasteiger partial charge is 0.0547 e. The average molecular weight is 835 g/mol. The predicted molar refractivity (Wildman–Crippen MR) is 274 cm³/mol. The number of hydrogen-bond acceptors (Lipinski definition) is 2. The molecule has 0 spiro atoms. The Kier molecular flexibility index (Phi) is 8.16. The van der Waals surface area contributed by atoms with Crippen LogP contribution in [0.4, 0.5) is 17.1 Å². The molecule has 12 aromatic rings. The Hall–Kier alpha value is -7.72. The maximum Gasteiger partial charge on any atom is 0.0547 e. The minimum absolute atomic E-state index is 0.113. The van der Waals surface area contributed by atoms with E-state index in [1.807, 2.05) is 11.3 Å². The molecule has 0 radical (unpaired) electrons. The van der Waals surface area contributed by atoms with Gasteiger partial charge in [-0.15, -0.1) is 11.3 Å². The highest BCUT2D eigenvalue weighted by Gasteiger charge is 2.35. The van der Waals surface area contributed by atoms with E-state index in [1.165, 1.54) is 103 Å². The molecule has 0 amide bonds. The standard InChI is InChI=1S/C61H42N2S/c1-61(2)54-21-10-8-17-49(54)50-34-33-46(38-55(50)61)62(45-31-25-41(26-32-45)48-19-12-20-52-51-18-9-11-22-58(51)64-60(48)52)44-29-23-39(24-30-44)42-28-35-56-53(37-42)59-47-16-7-6-13-40(47)27-36-57(59)63(56)43-14-4-3-5-15-43/h3-38H,1-2H3. The van der Waals surface area contributed by atoms with Crippen molar-refractivity contribution in [3.8, 4) is 39.1 Å². The Morgan fingerprint density at radius 2 is 1.03 bits per heavy atom. The number of aromatic nitrogens is 1. The first-order valence-corrected chi connectivity index (χ1v) is 23.0. The van der Waals surface area contributed by atoms with Crippen LogP contribution in [0.5, 0.6) is 0 Å². The van der Waals surface area contributed by atoms with Crippen molar-refractivity contribution in [2.75, 3.05) is 4.90 Å². The first-order chi connectivity index (χ1) is 31.5. The van der Waals surface area contributed by atoms with Crippen molar-refractivity contribution in [2.24, 2.45) is 0 Å². The van der Waals surface area contributed by atoms with Gasteiger partial charge in [-0.1, -0.05) is 159 Å². The van der Waals surface area contributed by atoms with Crippen LogP contribution in [0.2, 0.25) is 0 Å². The summed E-state index contributed by atoms with van der Waals surface area (Å²) >= 11 is 1.88. The van der Waals surface area contributed by atoms with Crippen LogP contribution in [0.15, 0.2) is 218 Å². The van der Waals surface area contributed by atoms with Crippen molar-refractivity contribution in [1.29, 1.82) is 0 Å². The normalized spacial score (nSPS) is 13.0. The molecule has 0 saturated heterocycles. The highest BCUT2D eigenvalue weighted by Crippen LogP contribution is 2.51. The summed E-state index contributed by atoms with van der Waals surface area (Å²) in [5.41, 5.74) is 17.1. The van der Waals surface area contributed by atoms with Gasteiger partial charge in [0.2, 0.25) is 0 Å². The van der Waals surface area contributed by atoms with Crippen molar-refractivity contribution < 1.29 is 0 Å². The number of thiophene rings is 1. The maximum absolute atomic E-state index is 2.43. The molecule has 2 aromatic heterocycles. The molecule has 0 aliphatic heterocycles. The summed E-state index contributed by atoms with van der Waals surface area (Å²) in [6, 6.07) is 80.8. The summed E-state index contributed by atoms with van der Waals surface area (Å²) < 4.78 is 5.07. The first-order valence-electron chi connectivity index (χ1n) is 22.2. The molecular weight excluding hydrogens is 793 g/mol. The van der Waals surface area contributed by atoms with Gasteiger partial charge in [-0.3, -0.25) is 0 Å². The molecule has 13 rings (SSSR count). The van der Waals surface area contributed by atoms with Gasteiger partial charge in [0.25, 0.3) is 0 Å². The van der Waals surface area contributed by atoms with Crippen LogP contribution in [-0.2, 0) is 5.41 Å². The molecule has 2 heterocycles. The number of fused-ring (bicyclic) bond motifs is 11. The first kappa shape index (κ1) is 36.9. The molecule has 0 saturated carbocycles. The number of hydrogen-bond donors (Lipinski definition) is 0. The molecule has 0 bridgehead atoms. The minimum Gasteiger partial charge on any atom is -0.310 e. The molecule has 0 fully saturated rings. The molecule has 64 heavy (non-hydrogen) atoms. The van der Waals surface area contributed by atoms with E-state index in [9.17, 15) is 0 Å². The van der Waals surface area contributed by atoms with Gasteiger partial charge < -0.3 is 9.47 Å². The highest BCUT2D eigenvalue weighted by atomic mass is 32.1. The lowest BCUT2D eigenvalue weighted by atomic mass is 9.82. The van der Waals surface area contributed by atoms with E-state index in [-0.39, 0.29) is 5.41 Å². The Morgan fingerprint density at radius 3 is 1.86 bits per heavy atom. The Labute approximate surface area is 376 Å². The molecule has 1 aliphatic carbocycles. The number of rotatable bonds is 6. The number of anilines is 3. The van der Waals surface area contributed by atoms with Crippen molar-refractivity contribution in [2.45, 2.75) is 19.3 Å². The van der Waals surface area contributed by atoms with Crippen LogP contribution in [0.3, 0.4) is 0 Å². The van der Waals surface area contributed by atoms with Crippen molar-refractivity contribution in [3.05, 3.63) is 230 Å². The van der Waals surface area contributed by atoms with E-state index in [1.54, 1.807) is 0 Å². The van der Waals surface area contributed by atoms with Gasteiger partial charge in [0.15, 0.2) is 0 Å². The predicted octanol–water partition coefficient (Wildman–Crippen LogP) is 17.4. The second kappa shape index (κ2) is 14.2. The number of benzene rings is 10. The molecular formula is C61H42N2S. The highest BCUT2D eigenvalue weighted by molar-refractivity contribution is 7.26. The van der Waals surface area contributed by atoms with Crippen molar-refractivity contribution in [3.63, 3.8) is 0 Å². The second-order valence-corrected chi connectivity index (χ2v) is 18.7. The van der Waals surface area contributed by atoms with E-state index in [0.29, 0.717) is 0 Å². The van der Waals surface area contributed by atoms with Gasteiger partial charge in [0, 0.05) is 59.1 Å². The Balaban J connectivity index is 0.936. The van der Waals surface area contributed by atoms with E-state index in [4.69, 9.17) is 0 Å². The van der Waals surface area contributed by atoms with Gasteiger partial charge in [0.1, 0.15) is 0 Å². The quantitative estimate of drug-likeness (QED) is 0.162. The third-order valence-electron chi connectivity index (χ3n) is 13.8. The number of para-hydroxylation sites is 1. The minimum atomic E-state index is -0.113. The lowest BCUT2D eigenvalue weighted by Crippen LogP contribution is -2.16. The van der Waals surface area contributed by atoms with Gasteiger partial charge >= 0.3 is 0 Å². The van der Waals surface area contributed by atoms with Crippen LogP contribution in [-0.4, -0.2) is 4.57 Å². The van der Waals surface area contributed by atoms with Gasteiger partial charge in [-0.2, -0.15) is 0 Å². The molecule has 10 aromatic carbocycles. The molecule has 0 unspecified atom stereocenters. The second-order valence-electron chi connectivity index (χ2n) is 17.7. The van der Waals surface area contributed by atoms with Crippen LogP contribution in [0, 0.1) is 0 Å². The van der Waals surface area contributed by atoms with E-state index >= 15 is 0 Å². The molecule has 0 atom stereocenters. The monoisotopic (exact) mass is 834 g/mol. The SMILES string of the molecule is CC1(C)c2ccccc2-c2ccc(N(c3ccc(-c4ccc5c(c4)c4c6ccccc6ccc4n5-c4ccccc4)cc3)c3ccc(-c4cccc5c4sc4ccccc45)cc3)cc21. The van der Waals surface area contributed by atoms with Crippen molar-refractivity contribution >= 4 is 81.1 Å². The molecule has 1 aliphatic rings. The maximum atomic E-state index is 2.43. The zero-order valence-corrected chi connectivity index (χ0v) is 36.4. The summed E-state index contributed by atoms with van der Waals surface area (Å²) in [4.78, 5) is 2.43. The summed E-state index contributed by atoms with van der Waals surface area (Å²) in [6.07, 6.45) is 0. The summed E-state index contributed by atoms with van der Waals surface area (Å²) in [6.45, 7) is 4.72. The van der Waals surface area contributed by atoms with E-state index < -0.39 is 0 Å². The number of nitrogens with zero attached hydrogens (tertiary/aromatic N) is 2. The third kappa shape index (κ3) is 5.57. The van der Waals surface area contributed by atoms with Crippen molar-refractivity contribution in [1.82, 2.24) is 4.57 Å². The van der Waals surface area contributed by atoms with Crippen LogP contribution < -0.4 is 4.90 Å². The zero-order valence-electron chi connectivity index (χ0n) is 35.6. The Morgan fingerprint density at radius 1 is 0.406 bits per heavy atom. The van der Waals surface area contributed by atoms with E-state index in [2.05, 4.69) is 242 Å². The van der Waals surface area contributed by atoms with Gasteiger partial charge in [-0.05, 0) is 128 Å². The fourth-order valence-electron chi connectivity index (χ4n) is 10.7. The summed E-state index contributed by atoms with van der Waals surface area (Å²) in [5.74, 6) is 0. The average Bonchev–Trinajstić information content (AvgIpc) is 3.98. The summed E-state index contributed by atoms with van der Waals surface area (Å²) in [5, 5.41) is 7.71. The van der Waals surface area contributed by atoms with Gasteiger partial charge in [-0.25, -0.2) is 0 Å². The summed E-state index contributed by atoms with van der Waals surface area (Å²) in [7, 11) is 0. The largest absolute Gasteiger partial charge is 0.310 e. The molecule has 2 nitrogen and oxygen atoms in total. The van der Waals surface area contributed by atoms with Crippen LogP contribution in [0.25, 0.3) is 91.8 Å². The van der Waals surface area contributed by atoms with Gasteiger partial charge in [0.05, 0.1) is 11.0 Å². The Bertz CT molecular complexity index is 3800. The third-order valence-corrected chi connectivity index (χ3v) is 15.0. The fraction of sp³-hybridized carbons (Fsp3) is 0.0492. The zero-order chi connectivity index (χ0) is 42.5. The van der Waals surface area contributed by atoms with Crippen LogP contribution in [0.1, 0.15) is 25.0 Å². The molecule has 302 valence electrons. The lowest BCUT2D eigenvalue weighted by molar-refractivity contribution is 0.660. The molecule has 3 heteroatoms. The topological polar surface area (TPSA) is 8.17 Å². The lowest BCUT2D eigenvalue weighted by Gasteiger charge is -2.28. The molecule has 0 N–H and O–H groups in total.